The number of aromatic nitrogens is 1. The molecular formula is C12H18N2. The molecule has 2 nitrogen and oxygen atoms in total. The van der Waals surface area contributed by atoms with Crippen LogP contribution in [-0.2, 0) is 13.0 Å². The van der Waals surface area contributed by atoms with Crippen LogP contribution in [0.2, 0.25) is 0 Å². The average molecular weight is 190 g/mol. The van der Waals surface area contributed by atoms with Crippen molar-refractivity contribution in [2.24, 2.45) is 0 Å². The van der Waals surface area contributed by atoms with Crippen molar-refractivity contribution in [1.82, 2.24) is 10.3 Å². The smallest absolute Gasteiger partial charge is 0.0467 e. The number of pyridine rings is 1. The van der Waals surface area contributed by atoms with Gasteiger partial charge in [-0.05, 0) is 25.0 Å². The lowest BCUT2D eigenvalue weighted by Gasteiger charge is -2.25. The van der Waals surface area contributed by atoms with Gasteiger partial charge in [-0.2, -0.15) is 0 Å². The van der Waals surface area contributed by atoms with Gasteiger partial charge in [0.2, 0.25) is 0 Å². The molecule has 1 aliphatic heterocycles. The average Bonchev–Trinajstić information content (AvgIpc) is 2.17. The van der Waals surface area contributed by atoms with Gasteiger partial charge in [0.25, 0.3) is 0 Å². The van der Waals surface area contributed by atoms with E-state index in [1.54, 1.807) is 0 Å². The maximum absolute atomic E-state index is 4.61. The van der Waals surface area contributed by atoms with E-state index >= 15 is 0 Å². The Morgan fingerprint density at radius 2 is 2.36 bits per heavy atom. The Hall–Kier alpha value is -0.890. The van der Waals surface area contributed by atoms with E-state index in [9.17, 15) is 0 Å². The molecule has 1 aromatic rings. The molecule has 0 saturated carbocycles. The van der Waals surface area contributed by atoms with E-state index < -0.39 is 0 Å². The molecule has 0 bridgehead atoms. The van der Waals surface area contributed by atoms with Crippen LogP contribution in [0.15, 0.2) is 12.1 Å². The van der Waals surface area contributed by atoms with Crippen LogP contribution in [0.5, 0.6) is 0 Å². The number of fused-ring (bicyclic) bond motifs is 1. The van der Waals surface area contributed by atoms with Crippen LogP contribution in [0.3, 0.4) is 0 Å². The summed E-state index contributed by atoms with van der Waals surface area (Å²) < 4.78 is 0. The Morgan fingerprint density at radius 1 is 1.50 bits per heavy atom. The van der Waals surface area contributed by atoms with Crippen LogP contribution in [0, 0.1) is 6.92 Å². The quantitative estimate of drug-likeness (QED) is 0.773. The van der Waals surface area contributed by atoms with Crippen LogP contribution < -0.4 is 5.32 Å². The first kappa shape index (κ1) is 9.66. The molecule has 0 spiro atoms. The summed E-state index contributed by atoms with van der Waals surface area (Å²) in [4.78, 5) is 4.61. The second-order valence-corrected chi connectivity index (χ2v) is 4.13. The number of aryl methyl sites for hydroxylation is 1. The van der Waals surface area contributed by atoms with E-state index in [0.29, 0.717) is 6.04 Å². The van der Waals surface area contributed by atoms with Crippen LogP contribution in [-0.4, -0.2) is 11.0 Å². The molecule has 1 aliphatic rings. The maximum Gasteiger partial charge on any atom is 0.0467 e. The summed E-state index contributed by atoms with van der Waals surface area (Å²) >= 11 is 0. The fourth-order valence-electron chi connectivity index (χ4n) is 2.09. The Kier molecular flexibility index (Phi) is 2.82. The standard InChI is InChI=1S/C12H18N2/c1-3-4-11-7-12-10(8-13-11)6-5-9(2)14-12/h5-6,11,13H,3-4,7-8H2,1-2H3. The van der Waals surface area contributed by atoms with Crippen molar-refractivity contribution in [3.8, 4) is 0 Å². The van der Waals surface area contributed by atoms with Gasteiger partial charge >= 0.3 is 0 Å². The molecule has 1 aromatic heterocycles. The molecule has 1 atom stereocenters. The summed E-state index contributed by atoms with van der Waals surface area (Å²) in [6, 6.07) is 4.94. The molecule has 1 unspecified atom stereocenters. The number of rotatable bonds is 2. The second kappa shape index (κ2) is 4.09. The van der Waals surface area contributed by atoms with Crippen LogP contribution in [0.4, 0.5) is 0 Å². The molecule has 14 heavy (non-hydrogen) atoms. The highest BCUT2D eigenvalue weighted by Gasteiger charge is 2.17. The third kappa shape index (κ3) is 1.95. The van der Waals surface area contributed by atoms with E-state index in [0.717, 1.165) is 18.7 Å². The van der Waals surface area contributed by atoms with Crippen molar-refractivity contribution in [2.45, 2.75) is 45.7 Å². The SMILES string of the molecule is CCCC1Cc2nc(C)ccc2CN1. The van der Waals surface area contributed by atoms with Gasteiger partial charge in [-0.1, -0.05) is 19.4 Å². The third-order valence-electron chi connectivity index (χ3n) is 2.87. The highest BCUT2D eigenvalue weighted by molar-refractivity contribution is 5.25. The van der Waals surface area contributed by atoms with Crippen LogP contribution >= 0.6 is 0 Å². The predicted molar refractivity (Wildman–Crippen MR) is 58.2 cm³/mol. The summed E-state index contributed by atoms with van der Waals surface area (Å²) in [5.74, 6) is 0. The molecule has 0 fully saturated rings. The largest absolute Gasteiger partial charge is 0.309 e. The molecule has 2 heterocycles. The van der Waals surface area contributed by atoms with E-state index in [1.807, 2.05) is 0 Å². The zero-order valence-electron chi connectivity index (χ0n) is 9.01. The topological polar surface area (TPSA) is 24.9 Å². The molecule has 2 rings (SSSR count). The summed E-state index contributed by atoms with van der Waals surface area (Å²) in [7, 11) is 0. The molecule has 0 aromatic carbocycles. The Labute approximate surface area is 85.7 Å². The fourth-order valence-corrected chi connectivity index (χ4v) is 2.09. The van der Waals surface area contributed by atoms with Gasteiger partial charge in [-0.3, -0.25) is 4.98 Å². The monoisotopic (exact) mass is 190 g/mol. The van der Waals surface area contributed by atoms with E-state index in [4.69, 9.17) is 0 Å². The van der Waals surface area contributed by atoms with E-state index in [-0.39, 0.29) is 0 Å². The van der Waals surface area contributed by atoms with Crippen molar-refractivity contribution >= 4 is 0 Å². The lowest BCUT2D eigenvalue weighted by molar-refractivity contribution is 0.441. The van der Waals surface area contributed by atoms with E-state index in [2.05, 4.69) is 36.3 Å². The fraction of sp³-hybridized carbons (Fsp3) is 0.583. The first-order valence-corrected chi connectivity index (χ1v) is 5.48. The minimum absolute atomic E-state index is 0.641. The van der Waals surface area contributed by atoms with Gasteiger partial charge < -0.3 is 5.32 Å². The third-order valence-corrected chi connectivity index (χ3v) is 2.87. The zero-order chi connectivity index (χ0) is 9.97. The van der Waals surface area contributed by atoms with Crippen molar-refractivity contribution in [3.63, 3.8) is 0 Å². The lowest BCUT2D eigenvalue weighted by Crippen LogP contribution is -2.35. The Bertz CT molecular complexity index is 320. The highest BCUT2D eigenvalue weighted by atomic mass is 14.9. The van der Waals surface area contributed by atoms with Gasteiger partial charge in [-0.15, -0.1) is 0 Å². The van der Waals surface area contributed by atoms with Gasteiger partial charge in [0.1, 0.15) is 0 Å². The Morgan fingerprint density at radius 3 is 3.14 bits per heavy atom. The minimum Gasteiger partial charge on any atom is -0.309 e. The number of hydrogen-bond acceptors (Lipinski definition) is 2. The second-order valence-electron chi connectivity index (χ2n) is 4.13. The van der Waals surface area contributed by atoms with Crippen LogP contribution in [0.1, 0.15) is 36.7 Å². The van der Waals surface area contributed by atoms with Crippen molar-refractivity contribution in [2.75, 3.05) is 0 Å². The molecule has 0 radical (unpaired) electrons. The molecular weight excluding hydrogens is 172 g/mol. The van der Waals surface area contributed by atoms with E-state index in [1.165, 1.54) is 24.1 Å². The molecule has 2 heteroatoms. The van der Waals surface area contributed by atoms with Crippen molar-refractivity contribution < 1.29 is 0 Å². The number of nitrogens with one attached hydrogen (secondary N) is 1. The van der Waals surface area contributed by atoms with Gasteiger partial charge in [0.05, 0.1) is 0 Å². The molecule has 1 N–H and O–H groups in total. The van der Waals surface area contributed by atoms with Crippen molar-refractivity contribution in [1.29, 1.82) is 0 Å². The normalized spacial score (nSPS) is 20.6. The first-order chi connectivity index (χ1) is 6.79. The molecule has 0 aliphatic carbocycles. The minimum atomic E-state index is 0.641. The van der Waals surface area contributed by atoms with Gasteiger partial charge in [0, 0.05) is 30.4 Å². The number of nitrogens with zero attached hydrogens (tertiary/aromatic N) is 1. The Balaban J connectivity index is 2.16. The summed E-state index contributed by atoms with van der Waals surface area (Å²) in [5, 5.41) is 3.56. The summed E-state index contributed by atoms with van der Waals surface area (Å²) in [6.45, 7) is 5.30. The molecule has 0 amide bonds. The first-order valence-electron chi connectivity index (χ1n) is 5.48. The summed E-state index contributed by atoms with van der Waals surface area (Å²) in [5.41, 5.74) is 3.83. The number of hydrogen-bond donors (Lipinski definition) is 1. The highest BCUT2D eigenvalue weighted by Crippen LogP contribution is 2.17. The van der Waals surface area contributed by atoms with Crippen LogP contribution in [0.25, 0.3) is 0 Å². The predicted octanol–water partition coefficient (Wildman–Crippen LogP) is 2.20. The van der Waals surface area contributed by atoms with Gasteiger partial charge in [-0.25, -0.2) is 0 Å². The lowest BCUT2D eigenvalue weighted by atomic mass is 9.98. The van der Waals surface area contributed by atoms with Gasteiger partial charge in [0.15, 0.2) is 0 Å². The van der Waals surface area contributed by atoms with Crippen molar-refractivity contribution in [3.05, 3.63) is 29.1 Å². The zero-order valence-corrected chi connectivity index (χ0v) is 9.01. The molecule has 0 saturated heterocycles. The summed E-state index contributed by atoms with van der Waals surface area (Å²) in [6.07, 6.45) is 3.61. The maximum atomic E-state index is 4.61. The molecule has 76 valence electrons.